The van der Waals surface area contributed by atoms with Gasteiger partial charge in [0.05, 0.1) is 18.2 Å². The summed E-state index contributed by atoms with van der Waals surface area (Å²) in [6, 6.07) is 15.5. The number of aromatic amines is 1. The lowest BCUT2D eigenvalue weighted by molar-refractivity contribution is 0.0932. The van der Waals surface area contributed by atoms with E-state index in [4.69, 9.17) is 4.74 Å². The summed E-state index contributed by atoms with van der Waals surface area (Å²) in [5.41, 5.74) is 3.89. The summed E-state index contributed by atoms with van der Waals surface area (Å²) in [7, 11) is 1.60. The number of aryl methyl sites for hydroxylation is 1. The van der Waals surface area contributed by atoms with Gasteiger partial charge >= 0.3 is 0 Å². The summed E-state index contributed by atoms with van der Waals surface area (Å²) in [5, 5.41) is 5.68. The SMILES string of the molecule is COCCn1cc(C(=O)NC2CCCc3c2[nH]c2ccccc32)c2ccccc2c1=O. The smallest absolute Gasteiger partial charge is 0.258 e. The highest BCUT2D eigenvalue weighted by molar-refractivity contribution is 6.06. The van der Waals surface area contributed by atoms with Gasteiger partial charge in [0.1, 0.15) is 0 Å². The van der Waals surface area contributed by atoms with E-state index in [2.05, 4.69) is 22.4 Å². The molecule has 1 aliphatic carbocycles. The number of carbonyl (C=O) groups is 1. The van der Waals surface area contributed by atoms with Gasteiger partial charge in [0.25, 0.3) is 11.5 Å². The number of pyridine rings is 1. The average molecular weight is 415 g/mol. The fourth-order valence-electron chi connectivity index (χ4n) is 4.68. The van der Waals surface area contributed by atoms with Gasteiger partial charge in [-0.3, -0.25) is 9.59 Å². The van der Waals surface area contributed by atoms with Crippen LogP contribution in [0.2, 0.25) is 0 Å². The molecule has 6 nitrogen and oxygen atoms in total. The van der Waals surface area contributed by atoms with Crippen LogP contribution >= 0.6 is 0 Å². The molecule has 0 bridgehead atoms. The third kappa shape index (κ3) is 3.43. The minimum absolute atomic E-state index is 0.0817. The van der Waals surface area contributed by atoms with Crippen molar-refractivity contribution in [3.8, 4) is 0 Å². The molecule has 0 saturated heterocycles. The summed E-state index contributed by atoms with van der Waals surface area (Å²) in [5.74, 6) is -0.168. The molecule has 4 aromatic rings. The molecule has 158 valence electrons. The van der Waals surface area contributed by atoms with Crippen LogP contribution in [0.5, 0.6) is 0 Å². The Balaban J connectivity index is 1.53. The summed E-state index contributed by atoms with van der Waals surface area (Å²) in [4.78, 5) is 29.8. The molecule has 1 unspecified atom stereocenters. The van der Waals surface area contributed by atoms with E-state index >= 15 is 0 Å². The number of ether oxygens (including phenoxy) is 1. The summed E-state index contributed by atoms with van der Waals surface area (Å²) in [6.07, 6.45) is 4.57. The molecule has 1 amide bonds. The lowest BCUT2D eigenvalue weighted by Gasteiger charge is -2.24. The Morgan fingerprint density at radius 1 is 1.13 bits per heavy atom. The number of methoxy groups -OCH3 is 1. The lowest BCUT2D eigenvalue weighted by atomic mass is 9.91. The molecule has 0 radical (unpaired) electrons. The summed E-state index contributed by atoms with van der Waals surface area (Å²) in [6.45, 7) is 0.802. The van der Waals surface area contributed by atoms with Crippen molar-refractivity contribution in [2.75, 3.05) is 13.7 Å². The third-order valence-corrected chi connectivity index (χ3v) is 6.19. The van der Waals surface area contributed by atoms with Gasteiger partial charge in [-0.2, -0.15) is 0 Å². The molecule has 6 heteroatoms. The second-order valence-corrected chi connectivity index (χ2v) is 8.06. The number of carbonyl (C=O) groups excluding carboxylic acids is 1. The predicted molar refractivity (Wildman–Crippen MR) is 122 cm³/mol. The highest BCUT2D eigenvalue weighted by Gasteiger charge is 2.26. The Kier molecular flexibility index (Phi) is 5.08. The van der Waals surface area contributed by atoms with E-state index in [1.807, 2.05) is 30.3 Å². The van der Waals surface area contributed by atoms with Crippen LogP contribution in [0, 0.1) is 0 Å². The van der Waals surface area contributed by atoms with Crippen LogP contribution in [0.3, 0.4) is 0 Å². The summed E-state index contributed by atoms with van der Waals surface area (Å²) >= 11 is 0. The van der Waals surface area contributed by atoms with Gasteiger partial charge in [0, 0.05) is 47.2 Å². The Bertz CT molecular complexity index is 1340. The third-order valence-electron chi connectivity index (χ3n) is 6.19. The van der Waals surface area contributed by atoms with E-state index in [1.54, 1.807) is 23.9 Å². The topological polar surface area (TPSA) is 76.1 Å². The van der Waals surface area contributed by atoms with Crippen molar-refractivity contribution < 1.29 is 9.53 Å². The molecular formula is C25H25N3O3. The number of amides is 1. The van der Waals surface area contributed by atoms with Gasteiger partial charge in [-0.15, -0.1) is 0 Å². The quantitative estimate of drug-likeness (QED) is 0.518. The fraction of sp³-hybridized carbons (Fsp3) is 0.280. The van der Waals surface area contributed by atoms with E-state index in [-0.39, 0.29) is 17.5 Å². The van der Waals surface area contributed by atoms with Crippen molar-refractivity contribution in [1.29, 1.82) is 0 Å². The predicted octanol–water partition coefficient (Wildman–Crippen LogP) is 3.94. The van der Waals surface area contributed by atoms with Gasteiger partial charge in [0.2, 0.25) is 0 Å². The van der Waals surface area contributed by atoms with Crippen molar-refractivity contribution in [1.82, 2.24) is 14.9 Å². The first-order valence-electron chi connectivity index (χ1n) is 10.7. The number of hydrogen-bond donors (Lipinski definition) is 2. The number of aromatic nitrogens is 2. The maximum atomic E-state index is 13.4. The number of nitrogens with one attached hydrogen (secondary N) is 2. The molecule has 0 aliphatic heterocycles. The Morgan fingerprint density at radius 3 is 2.68 bits per heavy atom. The van der Waals surface area contributed by atoms with Crippen LogP contribution in [0.25, 0.3) is 21.7 Å². The van der Waals surface area contributed by atoms with Crippen LogP contribution in [0.4, 0.5) is 0 Å². The number of H-pyrrole nitrogens is 1. The van der Waals surface area contributed by atoms with Crippen molar-refractivity contribution >= 4 is 27.6 Å². The van der Waals surface area contributed by atoms with Gasteiger partial charge in [0.15, 0.2) is 0 Å². The zero-order valence-corrected chi connectivity index (χ0v) is 17.5. The van der Waals surface area contributed by atoms with Crippen LogP contribution in [0.1, 0.15) is 40.5 Å². The number of rotatable bonds is 5. The molecule has 0 spiro atoms. The number of fused-ring (bicyclic) bond motifs is 4. The normalized spacial score (nSPS) is 15.8. The van der Waals surface area contributed by atoms with Crippen molar-refractivity contribution in [3.63, 3.8) is 0 Å². The highest BCUT2D eigenvalue weighted by atomic mass is 16.5. The largest absolute Gasteiger partial charge is 0.383 e. The number of benzene rings is 2. The second-order valence-electron chi connectivity index (χ2n) is 8.06. The van der Waals surface area contributed by atoms with Crippen LogP contribution < -0.4 is 10.9 Å². The standard InChI is InChI=1S/C25H25N3O3/c1-31-14-13-28-15-20(16-7-2-3-9-19(16)25(28)30)24(29)27-22-12-6-10-18-17-8-4-5-11-21(17)26-23(18)22/h2-5,7-9,11,15,22,26H,6,10,12-14H2,1H3,(H,27,29). The van der Waals surface area contributed by atoms with E-state index in [9.17, 15) is 9.59 Å². The molecule has 5 rings (SSSR count). The molecular weight excluding hydrogens is 390 g/mol. The van der Waals surface area contributed by atoms with Crippen molar-refractivity contribution in [2.24, 2.45) is 0 Å². The number of hydrogen-bond acceptors (Lipinski definition) is 3. The molecule has 2 aromatic carbocycles. The molecule has 1 aliphatic rings. The second kappa shape index (κ2) is 8.04. The fourth-order valence-corrected chi connectivity index (χ4v) is 4.68. The van der Waals surface area contributed by atoms with E-state index < -0.39 is 0 Å². The number of para-hydroxylation sites is 1. The molecule has 31 heavy (non-hydrogen) atoms. The monoisotopic (exact) mass is 415 g/mol. The van der Waals surface area contributed by atoms with E-state index in [1.165, 1.54) is 10.9 Å². The molecule has 0 saturated carbocycles. The molecule has 2 N–H and O–H groups in total. The maximum Gasteiger partial charge on any atom is 0.258 e. The van der Waals surface area contributed by atoms with E-state index in [0.717, 1.165) is 30.5 Å². The first-order valence-corrected chi connectivity index (χ1v) is 10.7. The Morgan fingerprint density at radius 2 is 1.87 bits per heavy atom. The van der Waals surface area contributed by atoms with Crippen molar-refractivity contribution in [2.45, 2.75) is 31.8 Å². The minimum Gasteiger partial charge on any atom is -0.383 e. The van der Waals surface area contributed by atoms with Crippen LogP contribution in [0.15, 0.2) is 59.5 Å². The van der Waals surface area contributed by atoms with Crippen LogP contribution in [-0.2, 0) is 17.7 Å². The molecule has 2 aromatic heterocycles. The number of nitrogens with zero attached hydrogens (tertiary/aromatic N) is 1. The Labute approximate surface area is 179 Å². The van der Waals surface area contributed by atoms with Gasteiger partial charge in [-0.25, -0.2) is 0 Å². The zero-order chi connectivity index (χ0) is 21.4. The van der Waals surface area contributed by atoms with Crippen molar-refractivity contribution in [3.05, 3.63) is 81.9 Å². The van der Waals surface area contributed by atoms with Gasteiger partial charge in [-0.05, 0) is 37.0 Å². The highest BCUT2D eigenvalue weighted by Crippen LogP contribution is 2.35. The molecule has 0 fully saturated rings. The summed E-state index contributed by atoms with van der Waals surface area (Å²) < 4.78 is 6.70. The molecule has 1 atom stereocenters. The van der Waals surface area contributed by atoms with Gasteiger partial charge < -0.3 is 19.6 Å². The van der Waals surface area contributed by atoms with Crippen LogP contribution in [-0.4, -0.2) is 29.2 Å². The zero-order valence-electron chi connectivity index (χ0n) is 17.5. The first kappa shape index (κ1) is 19.6. The van der Waals surface area contributed by atoms with E-state index in [0.29, 0.717) is 29.5 Å². The maximum absolute atomic E-state index is 13.4. The Hall–Kier alpha value is -3.38. The molecule has 2 heterocycles. The van der Waals surface area contributed by atoms with Gasteiger partial charge in [-0.1, -0.05) is 36.4 Å². The first-order chi connectivity index (χ1) is 15.2. The minimum atomic E-state index is -0.168. The lowest BCUT2D eigenvalue weighted by Crippen LogP contribution is -2.33. The average Bonchev–Trinajstić information content (AvgIpc) is 3.18.